The number of carbonyl (C=O) groups is 1. The summed E-state index contributed by atoms with van der Waals surface area (Å²) in [5, 5.41) is 11.8. The highest BCUT2D eigenvalue weighted by molar-refractivity contribution is 6.22. The summed E-state index contributed by atoms with van der Waals surface area (Å²) < 4.78 is 5.13. The third-order valence-electron chi connectivity index (χ3n) is 6.83. The highest BCUT2D eigenvalue weighted by atomic mass is 16.5. The maximum atomic E-state index is 12.2. The zero-order valence-corrected chi connectivity index (χ0v) is 22.8. The lowest BCUT2D eigenvalue weighted by Crippen LogP contribution is -2.20. The van der Waals surface area contributed by atoms with Crippen molar-refractivity contribution in [3.8, 4) is 5.88 Å². The van der Waals surface area contributed by atoms with Gasteiger partial charge < -0.3 is 19.7 Å². The minimum absolute atomic E-state index is 0.00438. The molecule has 0 aliphatic heterocycles. The number of benzene rings is 4. The number of aromatic amines is 1. The Bertz CT molecular complexity index is 1610. The summed E-state index contributed by atoms with van der Waals surface area (Å²) in [7, 11) is 2.13. The molecular weight excluding hydrogens is 498 g/mol. The molecule has 0 fully saturated rings. The summed E-state index contributed by atoms with van der Waals surface area (Å²) in [5.74, 6) is -0.405. The van der Waals surface area contributed by atoms with Crippen molar-refractivity contribution in [1.82, 2.24) is 9.88 Å². The van der Waals surface area contributed by atoms with Crippen LogP contribution < -0.4 is 0 Å². The van der Waals surface area contributed by atoms with Gasteiger partial charge >= 0.3 is 5.97 Å². The lowest BCUT2D eigenvalue weighted by molar-refractivity contribution is 0.0526. The number of fused-ring (bicyclic) bond motifs is 1. The molecule has 5 rings (SSSR count). The van der Waals surface area contributed by atoms with Gasteiger partial charge in [0.1, 0.15) is 0 Å². The first-order valence-electron chi connectivity index (χ1n) is 13.5. The van der Waals surface area contributed by atoms with E-state index in [4.69, 9.17) is 9.73 Å². The van der Waals surface area contributed by atoms with Gasteiger partial charge in [0.2, 0.25) is 0 Å². The predicted molar refractivity (Wildman–Crippen MR) is 161 cm³/mol. The van der Waals surface area contributed by atoms with Gasteiger partial charge in [-0.25, -0.2) is 9.79 Å². The molecule has 6 nitrogen and oxygen atoms in total. The fourth-order valence-corrected chi connectivity index (χ4v) is 4.79. The summed E-state index contributed by atoms with van der Waals surface area (Å²) in [6.45, 7) is 3.88. The van der Waals surface area contributed by atoms with E-state index in [2.05, 4.69) is 53.3 Å². The number of aromatic hydroxyl groups is 1. The van der Waals surface area contributed by atoms with Crippen LogP contribution in [-0.2, 0) is 17.7 Å². The number of nitrogens with zero attached hydrogens (tertiary/aromatic N) is 2. The Kier molecular flexibility index (Phi) is 8.38. The molecule has 0 saturated heterocycles. The number of esters is 1. The molecule has 0 spiro atoms. The number of carbonyl (C=O) groups excluding carboxylic acids is 1. The molecule has 0 aliphatic rings. The normalized spacial score (nSPS) is 11.7. The van der Waals surface area contributed by atoms with E-state index in [1.165, 1.54) is 11.1 Å². The van der Waals surface area contributed by atoms with Crippen LogP contribution in [-0.4, -0.2) is 46.9 Å². The van der Waals surface area contributed by atoms with Gasteiger partial charge in [0.25, 0.3) is 0 Å². The van der Waals surface area contributed by atoms with Crippen LogP contribution in [0.25, 0.3) is 10.9 Å². The molecule has 4 aromatic carbocycles. The second-order valence-electron chi connectivity index (χ2n) is 9.80. The molecule has 0 atom stereocenters. The molecule has 202 valence electrons. The molecule has 5 aromatic rings. The SMILES string of the molecule is CCOC(=O)c1ccc2c(C(=Nc3ccc(CN(C)CCc4ccccc4)cc3)c3ccccc3)c(O)[nH]c2c1. The standard InChI is InChI=1S/C34H33N3O3/c1-3-40-34(39)27-16-19-29-30(22-27)36-33(38)31(29)32(26-12-8-5-9-13-26)35-28-17-14-25(15-18-28)23-37(2)21-20-24-10-6-4-7-11-24/h4-19,22,36,38H,3,20-21,23H2,1-2H3. The number of aliphatic imine (C=N–C) groups is 1. The first-order valence-corrected chi connectivity index (χ1v) is 13.5. The molecule has 0 saturated carbocycles. The van der Waals surface area contributed by atoms with Crippen molar-refractivity contribution in [1.29, 1.82) is 0 Å². The van der Waals surface area contributed by atoms with E-state index in [1.807, 2.05) is 54.6 Å². The maximum Gasteiger partial charge on any atom is 0.338 e. The van der Waals surface area contributed by atoms with E-state index in [9.17, 15) is 9.90 Å². The molecule has 0 radical (unpaired) electrons. The first-order chi connectivity index (χ1) is 19.5. The summed E-state index contributed by atoms with van der Waals surface area (Å²) in [4.78, 5) is 22.6. The van der Waals surface area contributed by atoms with Crippen molar-refractivity contribution in [2.45, 2.75) is 19.9 Å². The van der Waals surface area contributed by atoms with Crippen molar-refractivity contribution in [2.24, 2.45) is 4.99 Å². The highest BCUT2D eigenvalue weighted by Crippen LogP contribution is 2.32. The van der Waals surface area contributed by atoms with Gasteiger partial charge in [-0.3, -0.25) is 0 Å². The molecule has 1 heterocycles. The zero-order chi connectivity index (χ0) is 27.9. The molecule has 0 bridgehead atoms. The van der Waals surface area contributed by atoms with Gasteiger partial charge in [0.05, 0.1) is 29.1 Å². The maximum absolute atomic E-state index is 12.2. The van der Waals surface area contributed by atoms with Gasteiger partial charge in [-0.2, -0.15) is 0 Å². The van der Waals surface area contributed by atoms with E-state index in [0.29, 0.717) is 29.0 Å². The van der Waals surface area contributed by atoms with Crippen LogP contribution in [0.5, 0.6) is 5.88 Å². The Morgan fingerprint density at radius 3 is 2.27 bits per heavy atom. The third kappa shape index (κ3) is 6.30. The minimum Gasteiger partial charge on any atom is -0.494 e. The molecule has 0 aliphatic carbocycles. The van der Waals surface area contributed by atoms with Crippen molar-refractivity contribution >= 4 is 28.3 Å². The summed E-state index contributed by atoms with van der Waals surface area (Å²) >= 11 is 0. The molecule has 0 unspecified atom stereocenters. The van der Waals surface area contributed by atoms with E-state index in [-0.39, 0.29) is 5.88 Å². The summed E-state index contributed by atoms with van der Waals surface area (Å²) in [6, 6.07) is 33.8. The lowest BCUT2D eigenvalue weighted by atomic mass is 10.00. The average Bonchev–Trinajstić information content (AvgIpc) is 3.31. The molecule has 2 N–H and O–H groups in total. The summed E-state index contributed by atoms with van der Waals surface area (Å²) in [6.07, 6.45) is 1.01. The molecule has 1 aromatic heterocycles. The van der Waals surface area contributed by atoms with Crippen molar-refractivity contribution in [2.75, 3.05) is 20.2 Å². The van der Waals surface area contributed by atoms with Gasteiger partial charge in [-0.05, 0) is 55.8 Å². The lowest BCUT2D eigenvalue weighted by Gasteiger charge is -2.17. The van der Waals surface area contributed by atoms with Crippen molar-refractivity contribution in [3.63, 3.8) is 0 Å². The number of hydrogen-bond donors (Lipinski definition) is 2. The molecule has 0 amide bonds. The minimum atomic E-state index is -0.400. The van der Waals surface area contributed by atoms with E-state index >= 15 is 0 Å². The molecule has 6 heteroatoms. The van der Waals surface area contributed by atoms with Crippen LogP contribution >= 0.6 is 0 Å². The Labute approximate surface area is 234 Å². The van der Waals surface area contributed by atoms with Crippen LogP contribution in [0.4, 0.5) is 5.69 Å². The monoisotopic (exact) mass is 531 g/mol. The smallest absolute Gasteiger partial charge is 0.338 e. The van der Waals surface area contributed by atoms with Gasteiger partial charge in [-0.15, -0.1) is 0 Å². The number of nitrogens with one attached hydrogen (secondary N) is 1. The number of likely N-dealkylation sites (N-methyl/N-ethyl adjacent to an activating group) is 1. The quantitative estimate of drug-likeness (QED) is 0.152. The van der Waals surface area contributed by atoms with Crippen LogP contribution in [0.2, 0.25) is 0 Å². The van der Waals surface area contributed by atoms with Gasteiger partial charge in [-0.1, -0.05) is 78.9 Å². The average molecular weight is 532 g/mol. The molecular formula is C34H33N3O3. The van der Waals surface area contributed by atoms with Crippen molar-refractivity contribution < 1.29 is 14.6 Å². The highest BCUT2D eigenvalue weighted by Gasteiger charge is 2.20. The van der Waals surface area contributed by atoms with Crippen LogP contribution in [0.1, 0.15) is 39.5 Å². The Morgan fingerprint density at radius 2 is 1.57 bits per heavy atom. The number of aromatic nitrogens is 1. The predicted octanol–water partition coefficient (Wildman–Crippen LogP) is 6.89. The van der Waals surface area contributed by atoms with Gasteiger partial charge in [0, 0.05) is 29.6 Å². The second kappa shape index (κ2) is 12.5. The Hall–Kier alpha value is -4.68. The van der Waals surface area contributed by atoms with Crippen molar-refractivity contribution in [3.05, 3.63) is 131 Å². The zero-order valence-electron chi connectivity index (χ0n) is 22.8. The Morgan fingerprint density at radius 1 is 0.875 bits per heavy atom. The van der Waals surface area contributed by atoms with E-state index < -0.39 is 5.97 Å². The fourth-order valence-electron chi connectivity index (χ4n) is 4.79. The summed E-state index contributed by atoms with van der Waals surface area (Å²) in [5.41, 5.74) is 6.48. The van der Waals surface area contributed by atoms with E-state index in [1.54, 1.807) is 19.1 Å². The molecule has 40 heavy (non-hydrogen) atoms. The first kappa shape index (κ1) is 26.9. The van der Waals surface area contributed by atoms with Crippen LogP contribution in [0.3, 0.4) is 0 Å². The largest absolute Gasteiger partial charge is 0.494 e. The number of ether oxygens (including phenoxy) is 1. The van der Waals surface area contributed by atoms with Crippen LogP contribution in [0, 0.1) is 0 Å². The number of hydrogen-bond acceptors (Lipinski definition) is 5. The van der Waals surface area contributed by atoms with Crippen LogP contribution in [0.15, 0.2) is 108 Å². The topological polar surface area (TPSA) is 77.9 Å². The Balaban J connectivity index is 1.42. The second-order valence-corrected chi connectivity index (χ2v) is 9.80. The number of H-pyrrole nitrogens is 1. The fraction of sp³-hybridized carbons (Fsp3) is 0.176. The number of rotatable bonds is 10. The van der Waals surface area contributed by atoms with E-state index in [0.717, 1.165) is 36.1 Å². The third-order valence-corrected chi connectivity index (χ3v) is 6.83. The van der Waals surface area contributed by atoms with Gasteiger partial charge in [0.15, 0.2) is 5.88 Å².